The van der Waals surface area contributed by atoms with Gasteiger partial charge in [0.2, 0.25) is 0 Å². The Bertz CT molecular complexity index is 814. The van der Waals surface area contributed by atoms with Crippen LogP contribution in [0.5, 0.6) is 11.5 Å². The first-order valence-corrected chi connectivity index (χ1v) is 11.8. The number of carbonyl (C=O) groups excluding carboxylic acids is 2. The van der Waals surface area contributed by atoms with Crippen molar-refractivity contribution in [3.8, 4) is 11.5 Å². The number of unbranched alkanes of at least 4 members (excludes halogenated alkanes) is 3. The van der Waals surface area contributed by atoms with Gasteiger partial charge in [-0.25, -0.2) is 0 Å². The van der Waals surface area contributed by atoms with Crippen molar-refractivity contribution < 1.29 is 28.5 Å². The molecule has 0 fully saturated rings. The summed E-state index contributed by atoms with van der Waals surface area (Å²) in [5, 5.41) is 0. The quantitative estimate of drug-likeness (QED) is 0.167. The number of rotatable bonds is 18. The molecule has 180 valence electrons. The minimum Gasteiger partial charge on any atom is -0.494 e. The summed E-state index contributed by atoms with van der Waals surface area (Å²) in [6, 6.07) is 13.8. The van der Waals surface area contributed by atoms with Crippen LogP contribution in [-0.2, 0) is 9.47 Å². The number of ether oxygens (including phenoxy) is 4. The highest BCUT2D eigenvalue weighted by Gasteiger charge is 2.14. The zero-order chi connectivity index (χ0) is 23.7. The number of ketones is 2. The Labute approximate surface area is 197 Å². The molecule has 0 unspecified atom stereocenters. The number of Topliss-reactive ketones (excluding diaryl/α,β-unsaturated/α-hetero) is 2. The summed E-state index contributed by atoms with van der Waals surface area (Å²) in [5.41, 5.74) is 0.988. The maximum Gasteiger partial charge on any atom is 0.170 e. The second-order valence-corrected chi connectivity index (χ2v) is 7.64. The molecular formula is C27H36O6. The highest BCUT2D eigenvalue weighted by atomic mass is 16.5. The molecule has 0 saturated heterocycles. The lowest BCUT2D eigenvalue weighted by Gasteiger charge is -2.08. The predicted octanol–water partition coefficient (Wildman–Crippen LogP) is 5.53. The first-order chi connectivity index (χ1) is 16.1. The Morgan fingerprint density at radius 3 is 1.67 bits per heavy atom. The summed E-state index contributed by atoms with van der Waals surface area (Å²) < 4.78 is 21.9. The van der Waals surface area contributed by atoms with Crippen molar-refractivity contribution in [2.24, 2.45) is 0 Å². The topological polar surface area (TPSA) is 71.1 Å². The van der Waals surface area contributed by atoms with Gasteiger partial charge >= 0.3 is 0 Å². The molecule has 0 atom stereocenters. The van der Waals surface area contributed by atoms with E-state index in [9.17, 15) is 9.59 Å². The van der Waals surface area contributed by atoms with Crippen LogP contribution in [0.1, 0.15) is 66.7 Å². The lowest BCUT2D eigenvalue weighted by Crippen LogP contribution is -2.11. The molecule has 0 spiro atoms. The molecule has 6 heteroatoms. The monoisotopic (exact) mass is 456 g/mol. The van der Waals surface area contributed by atoms with Crippen LogP contribution in [-0.4, -0.2) is 51.2 Å². The van der Waals surface area contributed by atoms with Crippen molar-refractivity contribution in [2.45, 2.75) is 46.0 Å². The molecule has 2 aromatic carbocycles. The Kier molecular flexibility index (Phi) is 12.9. The van der Waals surface area contributed by atoms with Crippen LogP contribution in [0.2, 0.25) is 0 Å². The van der Waals surface area contributed by atoms with Crippen LogP contribution in [0.15, 0.2) is 48.5 Å². The van der Waals surface area contributed by atoms with Gasteiger partial charge < -0.3 is 18.9 Å². The van der Waals surface area contributed by atoms with Crippen LogP contribution < -0.4 is 9.47 Å². The fraction of sp³-hybridized carbons (Fsp3) is 0.481. The highest BCUT2D eigenvalue weighted by molar-refractivity contribution is 6.13. The number of hydrogen-bond acceptors (Lipinski definition) is 6. The summed E-state index contributed by atoms with van der Waals surface area (Å²) in [6.45, 7) is 7.45. The zero-order valence-corrected chi connectivity index (χ0v) is 19.8. The van der Waals surface area contributed by atoms with E-state index in [1.165, 1.54) is 12.8 Å². The van der Waals surface area contributed by atoms with E-state index in [-0.39, 0.29) is 18.0 Å². The largest absolute Gasteiger partial charge is 0.494 e. The maximum atomic E-state index is 12.5. The first kappa shape index (κ1) is 26.6. The zero-order valence-electron chi connectivity index (χ0n) is 19.8. The van der Waals surface area contributed by atoms with E-state index in [2.05, 4.69) is 6.92 Å². The van der Waals surface area contributed by atoms with Gasteiger partial charge in [0.1, 0.15) is 18.1 Å². The van der Waals surface area contributed by atoms with Crippen molar-refractivity contribution in [2.75, 3.05) is 39.6 Å². The first-order valence-electron chi connectivity index (χ1n) is 11.8. The minimum absolute atomic E-state index is 0.175. The van der Waals surface area contributed by atoms with Crippen molar-refractivity contribution in [1.29, 1.82) is 0 Å². The van der Waals surface area contributed by atoms with Gasteiger partial charge in [0, 0.05) is 17.7 Å². The van der Waals surface area contributed by atoms with E-state index in [0.29, 0.717) is 56.5 Å². The van der Waals surface area contributed by atoms with Crippen LogP contribution >= 0.6 is 0 Å². The third-order valence-corrected chi connectivity index (χ3v) is 5.01. The molecule has 0 heterocycles. The Balaban J connectivity index is 1.72. The fourth-order valence-electron chi connectivity index (χ4n) is 3.13. The normalized spacial score (nSPS) is 10.7. The van der Waals surface area contributed by atoms with E-state index < -0.39 is 0 Å². The molecule has 0 aromatic heterocycles. The third-order valence-electron chi connectivity index (χ3n) is 5.01. The summed E-state index contributed by atoms with van der Waals surface area (Å²) in [6.07, 6.45) is 4.41. The molecule has 0 bridgehead atoms. The molecular weight excluding hydrogens is 420 g/mol. The Morgan fingerprint density at radius 1 is 0.606 bits per heavy atom. The highest BCUT2D eigenvalue weighted by Crippen LogP contribution is 2.17. The van der Waals surface area contributed by atoms with E-state index in [1.54, 1.807) is 48.5 Å². The lowest BCUT2D eigenvalue weighted by molar-refractivity contribution is 0.0405. The number of carbonyl (C=O) groups is 2. The molecule has 2 rings (SSSR count). The molecule has 33 heavy (non-hydrogen) atoms. The van der Waals surface area contributed by atoms with Crippen molar-refractivity contribution >= 4 is 11.6 Å². The van der Waals surface area contributed by atoms with Gasteiger partial charge in [0.05, 0.1) is 32.8 Å². The molecule has 6 nitrogen and oxygen atoms in total. The SMILES string of the molecule is CCCCCCOc1ccc(C(=O)CC(=O)c2ccc(OCCOCCOCC)cc2)cc1. The average Bonchev–Trinajstić information content (AvgIpc) is 2.84. The van der Waals surface area contributed by atoms with Gasteiger partial charge in [0.15, 0.2) is 11.6 Å². The summed E-state index contributed by atoms with van der Waals surface area (Å²) in [7, 11) is 0. The van der Waals surface area contributed by atoms with E-state index in [4.69, 9.17) is 18.9 Å². The van der Waals surface area contributed by atoms with Crippen LogP contribution in [0.3, 0.4) is 0 Å². The smallest absolute Gasteiger partial charge is 0.170 e. The second-order valence-electron chi connectivity index (χ2n) is 7.64. The standard InChI is InChI=1S/C27H36O6/c1-3-5-6-7-16-32-24-12-8-22(9-13-24)26(28)21-27(29)23-10-14-25(15-11-23)33-20-19-31-18-17-30-4-2/h8-15H,3-7,16-21H2,1-2H3. The van der Waals surface area contributed by atoms with Gasteiger partial charge in [0.25, 0.3) is 0 Å². The van der Waals surface area contributed by atoms with Crippen LogP contribution in [0.25, 0.3) is 0 Å². The van der Waals surface area contributed by atoms with Crippen molar-refractivity contribution in [3.63, 3.8) is 0 Å². The number of benzene rings is 2. The fourth-order valence-corrected chi connectivity index (χ4v) is 3.13. The van der Waals surface area contributed by atoms with Crippen LogP contribution in [0, 0.1) is 0 Å². The van der Waals surface area contributed by atoms with Gasteiger partial charge in [-0.05, 0) is 61.9 Å². The van der Waals surface area contributed by atoms with E-state index in [1.807, 2.05) is 6.92 Å². The van der Waals surface area contributed by atoms with E-state index in [0.717, 1.165) is 18.6 Å². The van der Waals surface area contributed by atoms with Crippen molar-refractivity contribution in [3.05, 3.63) is 59.7 Å². The predicted molar refractivity (Wildman–Crippen MR) is 129 cm³/mol. The summed E-state index contributed by atoms with van der Waals surface area (Å²) in [5.74, 6) is 0.960. The summed E-state index contributed by atoms with van der Waals surface area (Å²) in [4.78, 5) is 25.0. The van der Waals surface area contributed by atoms with E-state index >= 15 is 0 Å². The maximum absolute atomic E-state index is 12.5. The van der Waals surface area contributed by atoms with Gasteiger partial charge in [-0.2, -0.15) is 0 Å². The minimum atomic E-state index is -0.220. The Morgan fingerprint density at radius 2 is 1.12 bits per heavy atom. The lowest BCUT2D eigenvalue weighted by atomic mass is 10.0. The van der Waals surface area contributed by atoms with Gasteiger partial charge in [-0.3, -0.25) is 9.59 Å². The third kappa shape index (κ3) is 10.6. The molecule has 0 aliphatic rings. The molecule has 0 amide bonds. The van der Waals surface area contributed by atoms with Crippen molar-refractivity contribution in [1.82, 2.24) is 0 Å². The van der Waals surface area contributed by atoms with Crippen LogP contribution in [0.4, 0.5) is 0 Å². The second kappa shape index (κ2) is 16.0. The van der Waals surface area contributed by atoms with Gasteiger partial charge in [-0.1, -0.05) is 26.2 Å². The molecule has 0 aliphatic carbocycles. The molecule has 0 radical (unpaired) electrons. The Hall–Kier alpha value is -2.70. The average molecular weight is 457 g/mol. The van der Waals surface area contributed by atoms with Gasteiger partial charge in [-0.15, -0.1) is 0 Å². The number of hydrogen-bond donors (Lipinski definition) is 0. The molecule has 2 aromatic rings. The molecule has 0 saturated carbocycles. The molecule has 0 aliphatic heterocycles. The summed E-state index contributed by atoms with van der Waals surface area (Å²) >= 11 is 0. The molecule has 0 N–H and O–H groups in total.